The Kier molecular flexibility index (Phi) is 12.2. The predicted molar refractivity (Wildman–Crippen MR) is 115 cm³/mol. The van der Waals surface area contributed by atoms with Crippen molar-refractivity contribution in [2.24, 2.45) is 0 Å². The van der Waals surface area contributed by atoms with E-state index in [0.717, 1.165) is 0 Å². The van der Waals surface area contributed by atoms with E-state index in [2.05, 4.69) is 0 Å². The van der Waals surface area contributed by atoms with E-state index >= 15 is 17.6 Å². The fourth-order valence-electron chi connectivity index (χ4n) is 3.85. The zero-order valence-electron chi connectivity index (χ0n) is 25.1. The lowest BCUT2D eigenvalue weighted by atomic mass is 9.91. The van der Waals surface area contributed by atoms with Crippen LogP contribution in [0.5, 0.6) is 0 Å². The van der Waals surface area contributed by atoms with E-state index in [-0.39, 0.29) is 6.07 Å². The first kappa shape index (κ1) is 53.1. The number of hydrogen-bond donors (Lipinski definition) is 0. The van der Waals surface area contributed by atoms with Gasteiger partial charge in [-0.2, -0.15) is 149 Å². The first-order chi connectivity index (χ1) is 24.6. The van der Waals surface area contributed by atoms with Crippen molar-refractivity contribution in [2.45, 2.75) is 94.8 Å². The number of rotatable bonds is 15. The van der Waals surface area contributed by atoms with Crippen LogP contribution in [0.2, 0.25) is 0 Å². The number of halogens is 34. The Labute approximate surface area is 292 Å². The highest BCUT2D eigenvalue weighted by Gasteiger charge is 3.01. The minimum Gasteiger partial charge on any atom is -0.305 e. The molecule has 58 heavy (non-hydrogen) atoms. The summed E-state index contributed by atoms with van der Waals surface area (Å²) in [7, 11) is -10.7. The summed E-state index contributed by atoms with van der Waals surface area (Å²) in [5, 5.41) is -3.82. The third-order valence-electron chi connectivity index (χ3n) is 7.32. The molecule has 0 atom stereocenters. The van der Waals surface area contributed by atoms with Crippen LogP contribution in [0.15, 0.2) is 30.3 Å². The average Bonchev–Trinajstić information content (AvgIpc) is 3.02. The Hall–Kier alpha value is -2.93. The fraction of sp³-hybridized carbons (Fsp3) is 0.727. The largest absolute Gasteiger partial charge is 0.460 e. The predicted octanol–water partition coefficient (Wildman–Crippen LogP) is 12.6. The molecule has 0 aliphatic rings. The number of hydrogen-bond acceptors (Lipinski definition) is 1. The minimum atomic E-state index is -10.7. The number of alkyl halides is 34. The van der Waals surface area contributed by atoms with Gasteiger partial charge in [0.15, 0.2) is 0 Å². The van der Waals surface area contributed by atoms with E-state index < -0.39 is 131 Å². The van der Waals surface area contributed by atoms with Crippen molar-refractivity contribution in [3.8, 4) is 0 Å². The highest BCUT2D eigenvalue weighted by atomic mass is 31.2. The summed E-state index contributed by atoms with van der Waals surface area (Å²) in [5.41, 5.74) is -19.2. The van der Waals surface area contributed by atoms with Crippen LogP contribution in [0.25, 0.3) is 0 Å². The molecule has 0 unspecified atom stereocenters. The standard InChI is InChI=1S/C22H5F34OP/c23-7(24,11(31,32)15(39,40)19(47,48)49)9(27,28)13(35,36)17(43,44)21(53,54)58(57,6-4-2-1-3-5-6)22(55,56)18(45,46)14(37,38)10(29,30)8(25,26)12(33,34)16(41,42)20(50,51)52/h1-5H. The van der Waals surface area contributed by atoms with E-state index in [1.807, 2.05) is 0 Å². The van der Waals surface area contributed by atoms with E-state index in [1.165, 1.54) is 0 Å². The molecule has 1 aromatic carbocycles. The molecule has 0 aliphatic carbocycles. The van der Waals surface area contributed by atoms with E-state index in [4.69, 9.17) is 0 Å². The molecule has 0 amide bonds. The molecule has 0 heterocycles. The van der Waals surface area contributed by atoms with Crippen LogP contribution in [0.1, 0.15) is 0 Å². The maximum Gasteiger partial charge on any atom is 0.460 e. The molecular formula is C22H5F34OP. The SMILES string of the molecule is O=P(c1ccccc1)(C(F)(F)C(F)(F)C(F)(F)C(F)(F)C(F)(F)C(F)(F)C(F)(F)C(F)(F)F)C(F)(F)C(F)(F)C(F)(F)C(F)(F)C(F)(F)C(F)(F)C(F)(F)C(F)(F)F. The molecular weight excluding hydrogens is 957 g/mol. The van der Waals surface area contributed by atoms with Crippen LogP contribution in [0.3, 0.4) is 0 Å². The van der Waals surface area contributed by atoms with Gasteiger partial charge in [0.05, 0.1) is 0 Å². The van der Waals surface area contributed by atoms with Crippen molar-refractivity contribution < 1.29 is 154 Å². The lowest BCUT2D eigenvalue weighted by molar-refractivity contribution is -0.460. The first-order valence-electron chi connectivity index (χ1n) is 12.7. The maximum absolute atomic E-state index is 15.2. The van der Waals surface area contributed by atoms with Crippen molar-refractivity contribution in [3.05, 3.63) is 30.3 Å². The van der Waals surface area contributed by atoms with E-state index in [1.54, 1.807) is 0 Å². The molecule has 0 fully saturated rings. The van der Waals surface area contributed by atoms with Gasteiger partial charge >= 0.3 is 94.8 Å². The lowest BCUT2D eigenvalue weighted by Gasteiger charge is -2.47. The van der Waals surface area contributed by atoms with Gasteiger partial charge in [0.25, 0.3) is 7.14 Å². The second-order valence-corrected chi connectivity index (χ2v) is 13.8. The summed E-state index contributed by atoms with van der Waals surface area (Å²) in [6.45, 7) is 0. The van der Waals surface area contributed by atoms with Crippen LogP contribution >= 0.6 is 7.14 Å². The molecule has 0 bridgehead atoms. The summed E-state index contributed by atoms with van der Waals surface area (Å²) in [5.74, 6) is -115. The van der Waals surface area contributed by atoms with Gasteiger partial charge < -0.3 is 4.57 Å². The summed E-state index contributed by atoms with van der Waals surface area (Å²) >= 11 is 0. The molecule has 0 radical (unpaired) electrons. The molecule has 1 aromatic rings. The molecule has 0 saturated carbocycles. The average molecular weight is 962 g/mol. The normalized spacial score (nSPS) is 16.9. The molecule has 0 spiro atoms. The molecule has 0 N–H and O–H groups in total. The molecule has 0 saturated heterocycles. The third-order valence-corrected chi connectivity index (χ3v) is 10.5. The van der Waals surface area contributed by atoms with Crippen molar-refractivity contribution in [2.75, 3.05) is 0 Å². The van der Waals surface area contributed by atoms with Crippen molar-refractivity contribution >= 4 is 12.4 Å². The first-order valence-corrected chi connectivity index (χ1v) is 14.4. The lowest BCUT2D eigenvalue weighted by Crippen LogP contribution is -2.76. The molecule has 0 aromatic heterocycles. The summed E-state index contributed by atoms with van der Waals surface area (Å²) in [6, 6.07) is -3.60. The maximum atomic E-state index is 15.2. The van der Waals surface area contributed by atoms with Crippen molar-refractivity contribution in [3.63, 3.8) is 0 Å². The Bertz CT molecular complexity index is 1590. The molecule has 342 valence electrons. The van der Waals surface area contributed by atoms with Gasteiger partial charge in [-0.25, -0.2) is 0 Å². The topological polar surface area (TPSA) is 17.1 Å². The van der Waals surface area contributed by atoms with Crippen molar-refractivity contribution in [1.82, 2.24) is 0 Å². The fourth-order valence-corrected chi connectivity index (χ4v) is 6.51. The van der Waals surface area contributed by atoms with Crippen LogP contribution in [0.4, 0.5) is 149 Å². The van der Waals surface area contributed by atoms with Gasteiger partial charge in [-0.3, -0.25) is 0 Å². The Balaban J connectivity index is 4.46. The van der Waals surface area contributed by atoms with Gasteiger partial charge in [0.1, 0.15) is 0 Å². The number of benzene rings is 1. The Morgan fingerprint density at radius 1 is 0.259 bits per heavy atom. The van der Waals surface area contributed by atoms with Gasteiger partial charge in [-0.05, 0) is 0 Å². The van der Waals surface area contributed by atoms with Crippen LogP contribution in [0, 0.1) is 0 Å². The Morgan fingerprint density at radius 3 is 0.621 bits per heavy atom. The second kappa shape index (κ2) is 13.3. The van der Waals surface area contributed by atoms with Gasteiger partial charge in [-0.15, -0.1) is 0 Å². The van der Waals surface area contributed by atoms with Crippen LogP contribution in [-0.4, -0.2) is 94.8 Å². The Morgan fingerprint density at radius 2 is 0.431 bits per heavy atom. The van der Waals surface area contributed by atoms with Gasteiger partial charge in [-0.1, -0.05) is 30.3 Å². The zero-order valence-corrected chi connectivity index (χ0v) is 26.0. The molecule has 1 nitrogen and oxygen atoms in total. The van der Waals surface area contributed by atoms with Gasteiger partial charge in [0, 0.05) is 5.30 Å². The molecule has 1 rings (SSSR count). The third kappa shape index (κ3) is 5.98. The monoisotopic (exact) mass is 962 g/mol. The highest BCUT2D eigenvalue weighted by Crippen LogP contribution is 2.80. The quantitative estimate of drug-likeness (QED) is 0.126. The minimum absolute atomic E-state index is 0.00115. The van der Waals surface area contributed by atoms with E-state index in [0.29, 0.717) is 0 Å². The zero-order chi connectivity index (χ0) is 47.6. The summed E-state index contributed by atoms with van der Waals surface area (Å²) < 4.78 is 481. The van der Waals surface area contributed by atoms with Crippen LogP contribution < -0.4 is 5.30 Å². The summed E-state index contributed by atoms with van der Waals surface area (Å²) in [6.07, 6.45) is -16.8. The highest BCUT2D eigenvalue weighted by molar-refractivity contribution is 7.74. The smallest absolute Gasteiger partial charge is 0.305 e. The molecule has 36 heteroatoms. The van der Waals surface area contributed by atoms with E-state index in [9.17, 15) is 136 Å². The van der Waals surface area contributed by atoms with Crippen molar-refractivity contribution in [1.29, 1.82) is 0 Å². The summed E-state index contributed by atoms with van der Waals surface area (Å²) in [4.78, 5) is 0. The second-order valence-electron chi connectivity index (χ2n) is 10.9. The van der Waals surface area contributed by atoms with Crippen LogP contribution in [-0.2, 0) is 4.57 Å². The van der Waals surface area contributed by atoms with Gasteiger partial charge in [0.2, 0.25) is 0 Å². The molecule has 0 aliphatic heterocycles.